The number of ketones is 1. The van der Waals surface area contributed by atoms with Gasteiger partial charge >= 0.3 is 0 Å². The molecule has 3 aromatic rings. The summed E-state index contributed by atoms with van der Waals surface area (Å²) >= 11 is 0. The molecule has 0 saturated carbocycles. The molecule has 3 aromatic carbocycles. The SMILES string of the molecule is CC(C)c1cc2ccccc2c(O)c1C(=O)c1ccccc1. The number of phenols is 1. The maximum atomic E-state index is 12.9. The van der Waals surface area contributed by atoms with Gasteiger partial charge in [-0.3, -0.25) is 4.79 Å². The molecule has 0 bridgehead atoms. The largest absolute Gasteiger partial charge is 0.507 e. The molecule has 2 nitrogen and oxygen atoms in total. The summed E-state index contributed by atoms with van der Waals surface area (Å²) < 4.78 is 0. The first kappa shape index (κ1) is 14.3. The van der Waals surface area contributed by atoms with Gasteiger partial charge in [0, 0.05) is 10.9 Å². The van der Waals surface area contributed by atoms with Gasteiger partial charge in [-0.1, -0.05) is 68.4 Å². The minimum atomic E-state index is -0.132. The van der Waals surface area contributed by atoms with E-state index in [-0.39, 0.29) is 17.5 Å². The van der Waals surface area contributed by atoms with Crippen LogP contribution < -0.4 is 0 Å². The quantitative estimate of drug-likeness (QED) is 0.697. The standard InChI is InChI=1S/C20H18O2/c1-13(2)17-12-15-10-6-7-11-16(15)20(22)18(17)19(21)14-8-4-3-5-9-14/h3-13,22H,1-2H3. The van der Waals surface area contributed by atoms with Gasteiger partial charge in [0.1, 0.15) is 5.75 Å². The van der Waals surface area contributed by atoms with E-state index in [1.165, 1.54) is 0 Å². The van der Waals surface area contributed by atoms with Crippen molar-refractivity contribution in [2.45, 2.75) is 19.8 Å². The lowest BCUT2D eigenvalue weighted by molar-refractivity contribution is 0.103. The van der Waals surface area contributed by atoms with Gasteiger partial charge in [-0.25, -0.2) is 0 Å². The Morgan fingerprint density at radius 3 is 2.27 bits per heavy atom. The lowest BCUT2D eigenvalue weighted by Crippen LogP contribution is -2.07. The molecular weight excluding hydrogens is 272 g/mol. The second kappa shape index (κ2) is 5.64. The Kier molecular flexibility index (Phi) is 3.68. The van der Waals surface area contributed by atoms with Crippen molar-refractivity contribution in [2.24, 2.45) is 0 Å². The van der Waals surface area contributed by atoms with Crippen LogP contribution in [0, 0.1) is 0 Å². The third-order valence-corrected chi connectivity index (χ3v) is 3.94. The van der Waals surface area contributed by atoms with Crippen molar-refractivity contribution in [1.29, 1.82) is 0 Å². The van der Waals surface area contributed by atoms with Crippen LogP contribution in [0.25, 0.3) is 10.8 Å². The summed E-state index contributed by atoms with van der Waals surface area (Å²) in [4.78, 5) is 12.9. The van der Waals surface area contributed by atoms with E-state index in [9.17, 15) is 9.90 Å². The molecule has 0 aliphatic carbocycles. The van der Waals surface area contributed by atoms with Crippen LogP contribution in [0.2, 0.25) is 0 Å². The van der Waals surface area contributed by atoms with Crippen LogP contribution in [0.1, 0.15) is 41.3 Å². The molecule has 0 aliphatic rings. The van der Waals surface area contributed by atoms with E-state index in [0.717, 1.165) is 10.9 Å². The number of rotatable bonds is 3. The molecule has 0 atom stereocenters. The first-order valence-electron chi connectivity index (χ1n) is 7.44. The van der Waals surface area contributed by atoms with Gasteiger partial charge in [-0.05, 0) is 22.9 Å². The van der Waals surface area contributed by atoms with E-state index < -0.39 is 0 Å². The van der Waals surface area contributed by atoms with E-state index in [1.807, 2.05) is 62.4 Å². The smallest absolute Gasteiger partial charge is 0.197 e. The van der Waals surface area contributed by atoms with Crippen molar-refractivity contribution < 1.29 is 9.90 Å². The topological polar surface area (TPSA) is 37.3 Å². The second-order valence-electron chi connectivity index (χ2n) is 5.76. The number of carbonyl (C=O) groups excluding carboxylic acids is 1. The molecule has 0 fully saturated rings. The minimum Gasteiger partial charge on any atom is -0.507 e. The molecule has 0 aromatic heterocycles. The van der Waals surface area contributed by atoms with Crippen LogP contribution in [-0.4, -0.2) is 10.9 Å². The molecule has 110 valence electrons. The van der Waals surface area contributed by atoms with Gasteiger partial charge in [0.15, 0.2) is 5.78 Å². The lowest BCUT2D eigenvalue weighted by atomic mass is 9.88. The van der Waals surface area contributed by atoms with Gasteiger partial charge in [0.25, 0.3) is 0 Å². The van der Waals surface area contributed by atoms with Crippen LogP contribution in [0.3, 0.4) is 0 Å². The Bertz CT molecular complexity index is 833. The average molecular weight is 290 g/mol. The number of hydrogen-bond donors (Lipinski definition) is 1. The van der Waals surface area contributed by atoms with Crippen molar-refractivity contribution in [3.05, 3.63) is 77.4 Å². The fourth-order valence-corrected chi connectivity index (χ4v) is 2.78. The van der Waals surface area contributed by atoms with E-state index in [1.54, 1.807) is 12.1 Å². The second-order valence-corrected chi connectivity index (χ2v) is 5.76. The Morgan fingerprint density at radius 1 is 0.955 bits per heavy atom. The predicted octanol–water partition coefficient (Wildman–Crippen LogP) is 4.90. The number of fused-ring (bicyclic) bond motifs is 1. The number of carbonyl (C=O) groups is 1. The molecule has 1 N–H and O–H groups in total. The number of benzene rings is 3. The van der Waals surface area contributed by atoms with E-state index in [0.29, 0.717) is 16.5 Å². The van der Waals surface area contributed by atoms with Crippen molar-refractivity contribution in [2.75, 3.05) is 0 Å². The highest BCUT2D eigenvalue weighted by Crippen LogP contribution is 2.36. The van der Waals surface area contributed by atoms with Crippen molar-refractivity contribution in [3.63, 3.8) is 0 Å². The highest BCUT2D eigenvalue weighted by Gasteiger charge is 2.21. The monoisotopic (exact) mass is 290 g/mol. The van der Waals surface area contributed by atoms with Gasteiger partial charge < -0.3 is 5.11 Å². The normalized spacial score (nSPS) is 11.0. The molecule has 0 amide bonds. The van der Waals surface area contributed by atoms with Crippen LogP contribution in [0.5, 0.6) is 5.75 Å². The van der Waals surface area contributed by atoms with Crippen LogP contribution in [0.4, 0.5) is 0 Å². The molecule has 2 heteroatoms. The van der Waals surface area contributed by atoms with Crippen molar-refractivity contribution in [1.82, 2.24) is 0 Å². The summed E-state index contributed by atoms with van der Waals surface area (Å²) in [5, 5.41) is 12.4. The Morgan fingerprint density at radius 2 is 1.59 bits per heavy atom. The molecule has 0 spiro atoms. The summed E-state index contributed by atoms with van der Waals surface area (Å²) in [7, 11) is 0. The fourth-order valence-electron chi connectivity index (χ4n) is 2.78. The van der Waals surface area contributed by atoms with E-state index in [2.05, 4.69) is 0 Å². The molecule has 0 saturated heterocycles. The minimum absolute atomic E-state index is 0.0793. The Balaban J connectivity index is 2.29. The van der Waals surface area contributed by atoms with Gasteiger partial charge in [-0.15, -0.1) is 0 Å². The average Bonchev–Trinajstić information content (AvgIpc) is 2.55. The van der Waals surface area contributed by atoms with Gasteiger partial charge in [0.2, 0.25) is 0 Å². The zero-order valence-corrected chi connectivity index (χ0v) is 12.7. The summed E-state index contributed by atoms with van der Waals surface area (Å²) in [6, 6.07) is 18.7. The van der Waals surface area contributed by atoms with Crippen LogP contribution >= 0.6 is 0 Å². The summed E-state index contributed by atoms with van der Waals surface area (Å²) in [6.45, 7) is 4.07. The molecule has 0 aliphatic heterocycles. The summed E-state index contributed by atoms with van der Waals surface area (Å²) in [5.74, 6) is 0.0985. The maximum Gasteiger partial charge on any atom is 0.197 e. The molecule has 0 heterocycles. The Labute approximate surface area is 130 Å². The predicted molar refractivity (Wildman–Crippen MR) is 89.6 cm³/mol. The van der Waals surface area contributed by atoms with E-state index in [4.69, 9.17) is 0 Å². The number of hydrogen-bond acceptors (Lipinski definition) is 2. The number of phenolic OH excluding ortho intramolecular Hbond substituents is 1. The highest BCUT2D eigenvalue weighted by atomic mass is 16.3. The number of aromatic hydroxyl groups is 1. The fraction of sp³-hybridized carbons (Fsp3) is 0.150. The lowest BCUT2D eigenvalue weighted by Gasteiger charge is -2.16. The molecule has 0 unspecified atom stereocenters. The van der Waals surface area contributed by atoms with Gasteiger partial charge in [-0.2, -0.15) is 0 Å². The van der Waals surface area contributed by atoms with Crippen molar-refractivity contribution in [3.8, 4) is 5.75 Å². The van der Waals surface area contributed by atoms with Gasteiger partial charge in [0.05, 0.1) is 5.56 Å². The molecular formula is C20H18O2. The summed E-state index contributed by atoms with van der Waals surface area (Å²) in [6.07, 6.45) is 0. The first-order chi connectivity index (χ1) is 10.6. The third kappa shape index (κ3) is 2.37. The first-order valence-corrected chi connectivity index (χ1v) is 7.44. The Hall–Kier alpha value is -2.61. The van der Waals surface area contributed by atoms with Crippen LogP contribution in [-0.2, 0) is 0 Å². The summed E-state index contributed by atoms with van der Waals surface area (Å²) in [5.41, 5.74) is 1.89. The highest BCUT2D eigenvalue weighted by molar-refractivity contribution is 6.14. The van der Waals surface area contributed by atoms with Crippen LogP contribution in [0.15, 0.2) is 60.7 Å². The zero-order valence-electron chi connectivity index (χ0n) is 12.7. The van der Waals surface area contributed by atoms with Crippen molar-refractivity contribution >= 4 is 16.6 Å². The molecule has 0 radical (unpaired) electrons. The molecule has 3 rings (SSSR count). The third-order valence-electron chi connectivity index (χ3n) is 3.94. The zero-order chi connectivity index (χ0) is 15.7. The van der Waals surface area contributed by atoms with E-state index >= 15 is 0 Å². The maximum absolute atomic E-state index is 12.9. The molecule has 22 heavy (non-hydrogen) atoms.